The van der Waals surface area contributed by atoms with E-state index in [-0.39, 0.29) is 5.92 Å². The van der Waals surface area contributed by atoms with Crippen LogP contribution in [0.5, 0.6) is 0 Å². The number of furan rings is 1. The lowest BCUT2D eigenvalue weighted by Gasteiger charge is -2.20. The van der Waals surface area contributed by atoms with Crippen LogP contribution in [0.15, 0.2) is 174 Å². The number of hydrogen-bond donors (Lipinski definition) is 0. The van der Waals surface area contributed by atoms with E-state index in [0.717, 1.165) is 50.6 Å². The lowest BCUT2D eigenvalue weighted by molar-refractivity contribution is 0.668. The molecule has 4 heteroatoms. The van der Waals surface area contributed by atoms with Crippen LogP contribution < -0.4 is 0 Å². The van der Waals surface area contributed by atoms with Crippen LogP contribution >= 0.6 is 0 Å². The van der Waals surface area contributed by atoms with E-state index in [1.54, 1.807) is 0 Å². The summed E-state index contributed by atoms with van der Waals surface area (Å²) >= 11 is 0. The van der Waals surface area contributed by atoms with E-state index >= 15 is 0 Å². The molecule has 4 nitrogen and oxygen atoms in total. The van der Waals surface area contributed by atoms with Gasteiger partial charge in [-0.25, -0.2) is 15.0 Å². The topological polar surface area (TPSA) is 51.8 Å². The van der Waals surface area contributed by atoms with Crippen molar-refractivity contribution < 1.29 is 4.42 Å². The van der Waals surface area contributed by atoms with Gasteiger partial charge in [0.1, 0.15) is 11.2 Å². The largest absolute Gasteiger partial charge is 0.456 e. The molecule has 0 aliphatic heterocycles. The molecule has 0 bridgehead atoms. The Labute approximate surface area is 284 Å². The van der Waals surface area contributed by atoms with Crippen LogP contribution in [0.2, 0.25) is 0 Å². The first-order valence-electron chi connectivity index (χ1n) is 16.6. The SMILES string of the molecule is C1=CC(c2cccc3oc4cc(-c5nc(-c6ccccc6)nc(-c6ccc(-c7ccccc7)cc6)n5)ccc4c23)CC(c2ccccc2)=C1. The van der Waals surface area contributed by atoms with Crippen molar-refractivity contribution in [2.75, 3.05) is 0 Å². The molecule has 1 atom stereocenters. The van der Waals surface area contributed by atoms with Gasteiger partial charge in [-0.05, 0) is 52.4 Å². The molecule has 2 heterocycles. The highest BCUT2D eigenvalue weighted by Gasteiger charge is 2.21. The minimum absolute atomic E-state index is 0.247. The number of benzene rings is 6. The Balaban J connectivity index is 1.11. The first kappa shape index (κ1) is 28.8. The third-order valence-electron chi connectivity index (χ3n) is 9.33. The Morgan fingerprint density at radius 3 is 1.71 bits per heavy atom. The monoisotopic (exact) mass is 629 g/mol. The number of nitrogens with zero attached hydrogens (tertiary/aromatic N) is 3. The van der Waals surface area contributed by atoms with E-state index in [4.69, 9.17) is 19.4 Å². The fourth-order valence-electron chi connectivity index (χ4n) is 6.85. The van der Waals surface area contributed by atoms with Crippen LogP contribution in [0, 0.1) is 0 Å². The van der Waals surface area contributed by atoms with Crippen molar-refractivity contribution in [2.24, 2.45) is 0 Å². The summed E-state index contributed by atoms with van der Waals surface area (Å²) in [7, 11) is 0. The lowest BCUT2D eigenvalue weighted by Crippen LogP contribution is -2.01. The molecule has 0 N–H and O–H groups in total. The number of rotatable bonds is 6. The first-order chi connectivity index (χ1) is 24.3. The van der Waals surface area contributed by atoms with E-state index in [0.29, 0.717) is 17.5 Å². The summed E-state index contributed by atoms with van der Waals surface area (Å²) in [5.74, 6) is 2.11. The zero-order chi connectivity index (χ0) is 32.6. The maximum atomic E-state index is 6.53. The Morgan fingerprint density at radius 2 is 1.02 bits per heavy atom. The lowest BCUT2D eigenvalue weighted by atomic mass is 9.84. The van der Waals surface area contributed by atoms with Crippen LogP contribution in [-0.4, -0.2) is 15.0 Å². The number of aromatic nitrogens is 3. The Kier molecular flexibility index (Phi) is 7.25. The smallest absolute Gasteiger partial charge is 0.164 e. The number of hydrogen-bond acceptors (Lipinski definition) is 4. The molecule has 0 saturated heterocycles. The molecule has 0 fully saturated rings. The number of fused-ring (bicyclic) bond motifs is 3. The highest BCUT2D eigenvalue weighted by molar-refractivity contribution is 6.08. The van der Waals surface area contributed by atoms with Gasteiger partial charge in [-0.1, -0.05) is 152 Å². The van der Waals surface area contributed by atoms with Crippen molar-refractivity contribution >= 4 is 27.5 Å². The van der Waals surface area contributed by atoms with Gasteiger partial charge in [-0.15, -0.1) is 0 Å². The molecule has 1 aliphatic carbocycles. The third kappa shape index (κ3) is 5.53. The zero-order valence-electron chi connectivity index (χ0n) is 26.7. The summed E-state index contributed by atoms with van der Waals surface area (Å²) in [6.45, 7) is 0. The van der Waals surface area contributed by atoms with Gasteiger partial charge in [0, 0.05) is 33.4 Å². The van der Waals surface area contributed by atoms with Gasteiger partial charge < -0.3 is 4.42 Å². The van der Waals surface area contributed by atoms with Crippen molar-refractivity contribution in [2.45, 2.75) is 12.3 Å². The van der Waals surface area contributed by atoms with Crippen LogP contribution in [0.4, 0.5) is 0 Å². The highest BCUT2D eigenvalue weighted by atomic mass is 16.3. The Bertz CT molecular complexity index is 2500. The molecule has 1 aliphatic rings. The molecule has 49 heavy (non-hydrogen) atoms. The second-order valence-corrected chi connectivity index (χ2v) is 12.4. The fourth-order valence-corrected chi connectivity index (χ4v) is 6.85. The maximum Gasteiger partial charge on any atom is 0.164 e. The standard InChI is InChI=1S/C45H31N3O/c1-4-12-30(13-5-1)32-22-24-34(25-23-32)44-46-43(33-16-8-3-9-17-33)47-45(48-44)37-26-27-39-41(29-37)49-40-21-11-20-38(42(39)40)36-19-10-18-35(28-36)31-14-6-2-7-15-31/h1-27,29,36H,28H2. The van der Waals surface area contributed by atoms with E-state index in [9.17, 15) is 0 Å². The van der Waals surface area contributed by atoms with E-state index < -0.39 is 0 Å². The fraction of sp³-hybridized carbons (Fsp3) is 0.0444. The summed E-state index contributed by atoms with van der Waals surface area (Å²) in [5, 5.41) is 2.25. The van der Waals surface area contributed by atoms with Gasteiger partial charge in [0.15, 0.2) is 17.5 Å². The molecule has 1 unspecified atom stereocenters. The number of allylic oxidation sites excluding steroid dienone is 4. The molecule has 2 aromatic heterocycles. The van der Waals surface area contributed by atoms with Crippen molar-refractivity contribution in [3.63, 3.8) is 0 Å². The molecule has 0 radical (unpaired) electrons. The van der Waals surface area contributed by atoms with Crippen molar-refractivity contribution in [3.05, 3.63) is 181 Å². The second kappa shape index (κ2) is 12.3. The minimum Gasteiger partial charge on any atom is -0.456 e. The van der Waals surface area contributed by atoms with Gasteiger partial charge in [0.25, 0.3) is 0 Å². The van der Waals surface area contributed by atoms with E-state index in [1.807, 2.05) is 36.4 Å². The Morgan fingerprint density at radius 1 is 0.469 bits per heavy atom. The maximum absolute atomic E-state index is 6.53. The van der Waals surface area contributed by atoms with Crippen LogP contribution in [0.25, 0.3) is 72.8 Å². The van der Waals surface area contributed by atoms with Crippen molar-refractivity contribution in [1.29, 1.82) is 0 Å². The van der Waals surface area contributed by atoms with Gasteiger partial charge in [-0.3, -0.25) is 0 Å². The molecule has 9 rings (SSSR count). The van der Waals surface area contributed by atoms with Gasteiger partial charge in [0.2, 0.25) is 0 Å². The summed E-state index contributed by atoms with van der Waals surface area (Å²) in [4.78, 5) is 14.9. The predicted octanol–water partition coefficient (Wildman–Crippen LogP) is 11.6. The summed E-state index contributed by atoms with van der Waals surface area (Å²) in [6, 6.07) is 52.2. The molecule has 6 aromatic carbocycles. The summed E-state index contributed by atoms with van der Waals surface area (Å²) in [5.41, 5.74) is 10.6. The Hall–Kier alpha value is -6.39. The third-order valence-corrected chi connectivity index (χ3v) is 9.33. The molecular formula is C45H31N3O. The average molecular weight is 630 g/mol. The average Bonchev–Trinajstić information content (AvgIpc) is 3.57. The molecule has 232 valence electrons. The van der Waals surface area contributed by atoms with E-state index in [2.05, 4.69) is 133 Å². The normalized spacial score (nSPS) is 14.3. The van der Waals surface area contributed by atoms with Crippen molar-refractivity contribution in [1.82, 2.24) is 15.0 Å². The molecule has 0 amide bonds. The summed E-state index contributed by atoms with van der Waals surface area (Å²) in [6.07, 6.45) is 7.66. The first-order valence-corrected chi connectivity index (χ1v) is 16.6. The van der Waals surface area contributed by atoms with E-state index in [1.165, 1.54) is 22.3 Å². The highest BCUT2D eigenvalue weighted by Crippen LogP contribution is 2.41. The van der Waals surface area contributed by atoms with Crippen LogP contribution in [0.1, 0.15) is 23.5 Å². The zero-order valence-corrected chi connectivity index (χ0v) is 26.7. The van der Waals surface area contributed by atoms with Crippen molar-refractivity contribution in [3.8, 4) is 45.3 Å². The van der Waals surface area contributed by atoms with Crippen LogP contribution in [0.3, 0.4) is 0 Å². The van der Waals surface area contributed by atoms with Gasteiger partial charge in [0.05, 0.1) is 0 Å². The summed E-state index contributed by atoms with van der Waals surface area (Å²) < 4.78 is 6.53. The second-order valence-electron chi connectivity index (χ2n) is 12.4. The van der Waals surface area contributed by atoms with Gasteiger partial charge in [-0.2, -0.15) is 0 Å². The molecule has 0 spiro atoms. The minimum atomic E-state index is 0.247. The van der Waals surface area contributed by atoms with Gasteiger partial charge >= 0.3 is 0 Å². The van der Waals surface area contributed by atoms with Crippen LogP contribution in [-0.2, 0) is 0 Å². The molecule has 0 saturated carbocycles. The predicted molar refractivity (Wildman–Crippen MR) is 200 cm³/mol. The molecule has 8 aromatic rings. The quantitative estimate of drug-likeness (QED) is 0.184. The molecular weight excluding hydrogens is 599 g/mol.